The first-order valence-corrected chi connectivity index (χ1v) is 11.7. The largest absolute Gasteiger partial charge is 0.366 e. The van der Waals surface area contributed by atoms with E-state index in [-0.39, 0.29) is 0 Å². The third kappa shape index (κ3) is 3.07. The molecule has 0 radical (unpaired) electrons. The molecule has 0 spiro atoms. The van der Waals surface area contributed by atoms with E-state index in [4.69, 9.17) is 0 Å². The van der Waals surface area contributed by atoms with Gasteiger partial charge in [0.05, 0.1) is 18.0 Å². The van der Waals surface area contributed by atoms with Crippen LogP contribution in [-0.2, 0) is 0 Å². The maximum Gasteiger partial charge on any atom is 0.0880 e. The van der Waals surface area contributed by atoms with Gasteiger partial charge in [-0.2, -0.15) is 0 Å². The molecule has 3 fully saturated rings. The van der Waals surface area contributed by atoms with Gasteiger partial charge in [0.2, 0.25) is 0 Å². The van der Waals surface area contributed by atoms with Crippen LogP contribution in [0.5, 0.6) is 0 Å². The van der Waals surface area contributed by atoms with Crippen molar-refractivity contribution in [3.63, 3.8) is 0 Å². The molecule has 1 N–H and O–H groups in total. The van der Waals surface area contributed by atoms with Gasteiger partial charge < -0.3 is 10.2 Å². The Labute approximate surface area is 166 Å². The highest BCUT2D eigenvalue weighted by molar-refractivity contribution is 9.09. The minimum Gasteiger partial charge on any atom is -0.366 e. The molecule has 5 rings (SSSR count). The fourth-order valence-corrected chi connectivity index (χ4v) is 7.31. The standard InChI is InChI=1S/C22H32BrN3/c23-19-7-3-6-18-17(19)5-4-10-21(18)25-13-11-16(12-14-25)26-15-24-20-8-1-2-9-22(20)26/h1-2,8-9,16-19,21,24H,3-7,10-15H2. The van der Waals surface area contributed by atoms with Gasteiger partial charge in [0.25, 0.3) is 0 Å². The molecule has 2 aliphatic carbocycles. The monoisotopic (exact) mass is 417 g/mol. The Morgan fingerprint density at radius 1 is 0.885 bits per heavy atom. The number of hydrogen-bond donors (Lipinski definition) is 1. The highest BCUT2D eigenvalue weighted by atomic mass is 79.9. The van der Waals surface area contributed by atoms with Gasteiger partial charge >= 0.3 is 0 Å². The van der Waals surface area contributed by atoms with Crippen LogP contribution in [0.2, 0.25) is 0 Å². The normalized spacial score (nSPS) is 35.7. The topological polar surface area (TPSA) is 18.5 Å². The van der Waals surface area contributed by atoms with Crippen molar-refractivity contribution in [3.8, 4) is 0 Å². The molecule has 0 amide bonds. The number of anilines is 2. The van der Waals surface area contributed by atoms with E-state index in [2.05, 4.69) is 55.3 Å². The molecule has 1 aromatic carbocycles. The van der Waals surface area contributed by atoms with Crippen molar-refractivity contribution in [1.82, 2.24) is 4.90 Å². The van der Waals surface area contributed by atoms with E-state index in [9.17, 15) is 0 Å². The summed E-state index contributed by atoms with van der Waals surface area (Å²) in [4.78, 5) is 6.29. The number of nitrogens with zero attached hydrogens (tertiary/aromatic N) is 2. The predicted molar refractivity (Wildman–Crippen MR) is 113 cm³/mol. The number of benzene rings is 1. The maximum absolute atomic E-state index is 4.02. The van der Waals surface area contributed by atoms with Crippen molar-refractivity contribution in [1.29, 1.82) is 0 Å². The minimum absolute atomic E-state index is 0.706. The first kappa shape index (κ1) is 17.4. The van der Waals surface area contributed by atoms with E-state index in [1.807, 2.05) is 0 Å². The Bertz CT molecular complexity index is 628. The van der Waals surface area contributed by atoms with Crippen LogP contribution in [0.1, 0.15) is 51.4 Å². The average Bonchev–Trinajstić information content (AvgIpc) is 3.12. The second kappa shape index (κ2) is 7.35. The average molecular weight is 418 g/mol. The number of fused-ring (bicyclic) bond motifs is 2. The Morgan fingerprint density at radius 2 is 1.65 bits per heavy atom. The van der Waals surface area contributed by atoms with Crippen LogP contribution in [0.15, 0.2) is 24.3 Å². The second-order valence-electron chi connectivity index (χ2n) is 8.86. The van der Waals surface area contributed by atoms with Gasteiger partial charge in [0.15, 0.2) is 0 Å². The summed E-state index contributed by atoms with van der Waals surface area (Å²) in [5.41, 5.74) is 2.73. The molecule has 3 nitrogen and oxygen atoms in total. The van der Waals surface area contributed by atoms with Crippen LogP contribution in [0, 0.1) is 11.8 Å². The number of nitrogens with one attached hydrogen (secondary N) is 1. The van der Waals surface area contributed by atoms with Crippen LogP contribution in [0.4, 0.5) is 11.4 Å². The summed E-state index contributed by atoms with van der Waals surface area (Å²) < 4.78 is 0. The van der Waals surface area contributed by atoms with Crippen LogP contribution in [0.3, 0.4) is 0 Å². The number of piperidine rings is 1. The fraction of sp³-hybridized carbons (Fsp3) is 0.727. The number of rotatable bonds is 2. The first-order chi connectivity index (χ1) is 12.8. The smallest absolute Gasteiger partial charge is 0.0880 e. The van der Waals surface area contributed by atoms with E-state index < -0.39 is 0 Å². The van der Waals surface area contributed by atoms with Crippen molar-refractivity contribution in [3.05, 3.63) is 24.3 Å². The van der Waals surface area contributed by atoms with Crippen molar-refractivity contribution in [2.45, 2.75) is 68.3 Å². The lowest BCUT2D eigenvalue weighted by molar-refractivity contribution is 0.0304. The molecule has 4 unspecified atom stereocenters. The minimum atomic E-state index is 0.706. The van der Waals surface area contributed by atoms with Crippen molar-refractivity contribution in [2.24, 2.45) is 11.8 Å². The lowest BCUT2D eigenvalue weighted by Crippen LogP contribution is -2.53. The van der Waals surface area contributed by atoms with E-state index in [1.165, 1.54) is 75.8 Å². The number of hydrogen-bond acceptors (Lipinski definition) is 3. The molecule has 0 bridgehead atoms. The Hall–Kier alpha value is -0.740. The molecular weight excluding hydrogens is 386 g/mol. The zero-order valence-corrected chi connectivity index (χ0v) is 17.3. The second-order valence-corrected chi connectivity index (χ2v) is 10.0. The van der Waals surface area contributed by atoms with E-state index in [0.29, 0.717) is 6.04 Å². The summed E-state index contributed by atoms with van der Waals surface area (Å²) in [6.07, 6.45) is 11.3. The maximum atomic E-state index is 4.02. The van der Waals surface area contributed by atoms with Gasteiger partial charge in [-0.25, -0.2) is 0 Å². The Morgan fingerprint density at radius 3 is 2.54 bits per heavy atom. The predicted octanol–water partition coefficient (Wildman–Crippen LogP) is 5.07. The lowest BCUT2D eigenvalue weighted by Gasteiger charge is -2.50. The third-order valence-corrected chi connectivity index (χ3v) is 8.76. The highest BCUT2D eigenvalue weighted by Crippen LogP contribution is 2.46. The van der Waals surface area contributed by atoms with Gasteiger partial charge in [-0.3, -0.25) is 4.90 Å². The number of alkyl halides is 1. The Kier molecular flexibility index (Phi) is 4.91. The van der Waals surface area contributed by atoms with Crippen molar-refractivity contribution >= 4 is 27.3 Å². The Balaban J connectivity index is 1.23. The molecule has 2 aliphatic heterocycles. The fourth-order valence-electron chi connectivity index (χ4n) is 6.33. The molecule has 2 heterocycles. The molecule has 26 heavy (non-hydrogen) atoms. The van der Waals surface area contributed by atoms with Crippen LogP contribution >= 0.6 is 15.9 Å². The zero-order valence-electron chi connectivity index (χ0n) is 15.7. The summed E-state index contributed by atoms with van der Waals surface area (Å²) in [5, 5.41) is 3.57. The van der Waals surface area contributed by atoms with Gasteiger partial charge in [0.1, 0.15) is 0 Å². The molecule has 2 saturated carbocycles. The van der Waals surface area contributed by atoms with Crippen LogP contribution in [0.25, 0.3) is 0 Å². The molecule has 1 aromatic rings. The van der Waals surface area contributed by atoms with Gasteiger partial charge in [-0.05, 0) is 62.5 Å². The number of para-hydroxylation sites is 2. The molecule has 4 heteroatoms. The highest BCUT2D eigenvalue weighted by Gasteiger charge is 2.42. The summed E-state index contributed by atoms with van der Waals surface area (Å²) in [5.74, 6) is 1.89. The summed E-state index contributed by atoms with van der Waals surface area (Å²) in [6, 6.07) is 10.4. The molecule has 142 valence electrons. The molecule has 4 atom stereocenters. The van der Waals surface area contributed by atoms with Gasteiger partial charge in [0, 0.05) is 30.0 Å². The molecule has 0 aromatic heterocycles. The molecule has 1 saturated heterocycles. The van der Waals surface area contributed by atoms with Crippen molar-refractivity contribution < 1.29 is 0 Å². The summed E-state index contributed by atoms with van der Waals surface area (Å²) in [7, 11) is 0. The molecule has 4 aliphatic rings. The number of likely N-dealkylation sites (tertiary alicyclic amines) is 1. The van der Waals surface area contributed by atoms with E-state index in [0.717, 1.165) is 29.4 Å². The lowest BCUT2D eigenvalue weighted by atomic mass is 9.67. The van der Waals surface area contributed by atoms with E-state index in [1.54, 1.807) is 0 Å². The SMILES string of the molecule is BrC1CCCC2C1CCCC2N1CCC(N2CNc3ccccc32)CC1. The van der Waals surface area contributed by atoms with Crippen LogP contribution < -0.4 is 10.2 Å². The quantitative estimate of drug-likeness (QED) is 0.677. The first-order valence-electron chi connectivity index (χ1n) is 10.8. The summed E-state index contributed by atoms with van der Waals surface area (Å²) in [6.45, 7) is 3.58. The third-order valence-electron chi connectivity index (χ3n) is 7.63. The van der Waals surface area contributed by atoms with E-state index >= 15 is 0 Å². The summed E-state index contributed by atoms with van der Waals surface area (Å²) >= 11 is 4.02. The van der Waals surface area contributed by atoms with Gasteiger partial charge in [-0.1, -0.05) is 40.9 Å². The van der Waals surface area contributed by atoms with Crippen LogP contribution in [-0.4, -0.2) is 41.6 Å². The number of halogens is 1. The van der Waals surface area contributed by atoms with Crippen molar-refractivity contribution in [2.75, 3.05) is 30.0 Å². The zero-order chi connectivity index (χ0) is 17.5. The molecular formula is C22H32BrN3. The van der Waals surface area contributed by atoms with Gasteiger partial charge in [-0.15, -0.1) is 0 Å².